The smallest absolute Gasteiger partial charge is 0.337 e. The first-order chi connectivity index (χ1) is 9.32. The summed E-state index contributed by atoms with van der Waals surface area (Å²) in [5.74, 6) is -1.06. The van der Waals surface area contributed by atoms with E-state index in [1.54, 1.807) is 0 Å². The van der Waals surface area contributed by atoms with Gasteiger partial charge in [-0.2, -0.15) is 4.31 Å². The Labute approximate surface area is 117 Å². The van der Waals surface area contributed by atoms with Crippen LogP contribution < -0.4 is 5.32 Å². The molecule has 1 aromatic carbocycles. The number of likely N-dealkylation sites (N-methyl/N-ethyl adjacent to an activating group) is 2. The zero-order valence-corrected chi connectivity index (χ0v) is 12.2. The highest BCUT2D eigenvalue weighted by atomic mass is 32.2. The number of sulfonamides is 1. The maximum Gasteiger partial charge on any atom is 0.337 e. The highest BCUT2D eigenvalue weighted by molar-refractivity contribution is 7.89. The molecule has 1 aromatic rings. The summed E-state index contributed by atoms with van der Waals surface area (Å²) in [5, 5.41) is 2.34. The van der Waals surface area contributed by atoms with E-state index in [4.69, 9.17) is 0 Å². The summed E-state index contributed by atoms with van der Waals surface area (Å²) in [6, 6.07) is 5.44. The van der Waals surface area contributed by atoms with Crippen LogP contribution in [-0.2, 0) is 19.6 Å². The normalized spacial score (nSPS) is 11.2. The highest BCUT2D eigenvalue weighted by Crippen LogP contribution is 2.16. The average molecular weight is 300 g/mol. The molecule has 0 aliphatic heterocycles. The maximum atomic E-state index is 12.2. The van der Waals surface area contributed by atoms with Gasteiger partial charge in [-0.05, 0) is 18.2 Å². The molecule has 0 aromatic heterocycles. The minimum atomic E-state index is -3.84. The Bertz CT molecular complexity index is 612. The van der Waals surface area contributed by atoms with Crippen LogP contribution in [-0.4, -0.2) is 52.3 Å². The van der Waals surface area contributed by atoms with Gasteiger partial charge in [-0.1, -0.05) is 6.07 Å². The van der Waals surface area contributed by atoms with Gasteiger partial charge in [0.1, 0.15) is 0 Å². The number of carbonyl (C=O) groups is 2. The van der Waals surface area contributed by atoms with Gasteiger partial charge in [0.05, 0.1) is 24.1 Å². The lowest BCUT2D eigenvalue weighted by Crippen LogP contribution is -2.36. The van der Waals surface area contributed by atoms with E-state index < -0.39 is 21.9 Å². The minimum absolute atomic E-state index is 0.0770. The minimum Gasteiger partial charge on any atom is -0.465 e. The summed E-state index contributed by atoms with van der Waals surface area (Å²) in [6.45, 7) is -0.304. The molecule has 1 amide bonds. The summed E-state index contributed by atoms with van der Waals surface area (Å²) >= 11 is 0. The SMILES string of the molecule is CNC(=O)CN(C)S(=O)(=O)c1cccc(C(=O)OC)c1. The third-order valence-corrected chi connectivity index (χ3v) is 4.41. The molecule has 0 spiro atoms. The Morgan fingerprint density at radius 1 is 1.35 bits per heavy atom. The van der Waals surface area contributed by atoms with Gasteiger partial charge in [0, 0.05) is 14.1 Å². The van der Waals surface area contributed by atoms with Gasteiger partial charge >= 0.3 is 5.97 Å². The molecule has 1 N–H and O–H groups in total. The number of hydrogen-bond acceptors (Lipinski definition) is 5. The molecular formula is C12H16N2O5S. The number of methoxy groups -OCH3 is 1. The summed E-state index contributed by atoms with van der Waals surface area (Å²) in [5.41, 5.74) is 0.127. The standard InChI is InChI=1S/C12H16N2O5S/c1-13-11(15)8-14(2)20(17,18)10-6-4-5-9(7-10)12(16)19-3/h4-7H,8H2,1-3H3,(H,13,15). The average Bonchev–Trinajstić information content (AvgIpc) is 2.46. The van der Waals surface area contributed by atoms with Crippen molar-refractivity contribution in [1.82, 2.24) is 9.62 Å². The van der Waals surface area contributed by atoms with E-state index in [9.17, 15) is 18.0 Å². The Balaban J connectivity index is 3.09. The van der Waals surface area contributed by atoms with E-state index in [0.29, 0.717) is 0 Å². The molecule has 110 valence electrons. The fraction of sp³-hybridized carbons (Fsp3) is 0.333. The third kappa shape index (κ3) is 3.55. The Kier molecular flexibility index (Phi) is 5.23. The molecule has 0 unspecified atom stereocenters. The van der Waals surface area contributed by atoms with Crippen LogP contribution in [0.1, 0.15) is 10.4 Å². The molecule has 20 heavy (non-hydrogen) atoms. The molecule has 0 radical (unpaired) electrons. The van der Waals surface area contributed by atoms with Crippen molar-refractivity contribution in [2.24, 2.45) is 0 Å². The third-order valence-electron chi connectivity index (χ3n) is 2.61. The number of nitrogens with one attached hydrogen (secondary N) is 1. The largest absolute Gasteiger partial charge is 0.465 e. The van der Waals surface area contributed by atoms with Crippen molar-refractivity contribution in [3.8, 4) is 0 Å². The first kappa shape index (κ1) is 16.1. The zero-order valence-electron chi connectivity index (χ0n) is 11.4. The fourth-order valence-corrected chi connectivity index (χ4v) is 2.62. The number of ether oxygens (including phenoxy) is 1. The van der Waals surface area contributed by atoms with E-state index in [-0.39, 0.29) is 17.0 Å². The second kappa shape index (κ2) is 6.49. The lowest BCUT2D eigenvalue weighted by Gasteiger charge is -2.16. The molecule has 0 saturated carbocycles. The van der Waals surface area contributed by atoms with E-state index in [0.717, 1.165) is 4.31 Å². The summed E-state index contributed by atoms with van der Waals surface area (Å²) < 4.78 is 29.9. The van der Waals surface area contributed by atoms with E-state index >= 15 is 0 Å². The molecule has 0 bridgehead atoms. The Morgan fingerprint density at radius 3 is 2.55 bits per heavy atom. The van der Waals surface area contributed by atoms with Gasteiger partial charge < -0.3 is 10.1 Å². The first-order valence-electron chi connectivity index (χ1n) is 5.68. The molecule has 0 saturated heterocycles. The number of nitrogens with zero attached hydrogens (tertiary/aromatic N) is 1. The van der Waals surface area contributed by atoms with Crippen molar-refractivity contribution in [2.45, 2.75) is 4.90 Å². The van der Waals surface area contributed by atoms with Gasteiger partial charge in [-0.3, -0.25) is 4.79 Å². The topological polar surface area (TPSA) is 92.8 Å². The summed E-state index contributed by atoms with van der Waals surface area (Å²) in [4.78, 5) is 22.5. The van der Waals surface area contributed by atoms with Crippen molar-refractivity contribution in [1.29, 1.82) is 0 Å². The number of hydrogen-bond donors (Lipinski definition) is 1. The Hall–Kier alpha value is -1.93. The first-order valence-corrected chi connectivity index (χ1v) is 7.12. The van der Waals surface area contributed by atoms with Crippen LogP contribution in [0.5, 0.6) is 0 Å². The molecular weight excluding hydrogens is 284 g/mol. The number of amides is 1. The zero-order chi connectivity index (χ0) is 15.3. The maximum absolute atomic E-state index is 12.2. The van der Waals surface area contributed by atoms with Crippen molar-refractivity contribution in [3.63, 3.8) is 0 Å². The molecule has 0 aliphatic carbocycles. The predicted molar refractivity (Wildman–Crippen MR) is 71.7 cm³/mol. The van der Waals surface area contributed by atoms with Crippen molar-refractivity contribution in [2.75, 3.05) is 27.7 Å². The lowest BCUT2D eigenvalue weighted by molar-refractivity contribution is -0.120. The summed E-state index contributed by atoms with van der Waals surface area (Å²) in [6.07, 6.45) is 0. The second-order valence-electron chi connectivity index (χ2n) is 3.95. The highest BCUT2D eigenvalue weighted by Gasteiger charge is 2.23. The van der Waals surface area contributed by atoms with Crippen LogP contribution in [0.4, 0.5) is 0 Å². The van der Waals surface area contributed by atoms with Gasteiger partial charge in [0.25, 0.3) is 0 Å². The number of carbonyl (C=O) groups excluding carboxylic acids is 2. The number of esters is 1. The van der Waals surface area contributed by atoms with Crippen LogP contribution >= 0.6 is 0 Å². The molecule has 0 atom stereocenters. The number of benzene rings is 1. The molecule has 8 heteroatoms. The van der Waals surface area contributed by atoms with Crippen LogP contribution in [0.3, 0.4) is 0 Å². The second-order valence-corrected chi connectivity index (χ2v) is 6.00. The predicted octanol–water partition coefficient (Wildman–Crippen LogP) is -0.160. The fourth-order valence-electron chi connectivity index (χ4n) is 1.45. The summed E-state index contributed by atoms with van der Waals surface area (Å²) in [7, 11) is 0.0703. The molecule has 0 fully saturated rings. The van der Waals surface area contributed by atoms with Crippen LogP contribution in [0, 0.1) is 0 Å². The van der Waals surface area contributed by atoms with Crippen molar-refractivity contribution < 1.29 is 22.7 Å². The van der Waals surface area contributed by atoms with Crippen LogP contribution in [0.15, 0.2) is 29.2 Å². The molecule has 0 heterocycles. The molecule has 1 rings (SSSR count). The van der Waals surface area contributed by atoms with Crippen LogP contribution in [0.2, 0.25) is 0 Å². The lowest BCUT2D eigenvalue weighted by atomic mass is 10.2. The van der Waals surface area contributed by atoms with E-state index in [1.165, 1.54) is 45.5 Å². The number of rotatable bonds is 5. The van der Waals surface area contributed by atoms with Gasteiger partial charge in [0.2, 0.25) is 15.9 Å². The van der Waals surface area contributed by atoms with Gasteiger partial charge in [0.15, 0.2) is 0 Å². The van der Waals surface area contributed by atoms with Crippen LogP contribution in [0.25, 0.3) is 0 Å². The van der Waals surface area contributed by atoms with Crippen molar-refractivity contribution >= 4 is 21.9 Å². The van der Waals surface area contributed by atoms with Gasteiger partial charge in [-0.25, -0.2) is 13.2 Å². The van der Waals surface area contributed by atoms with Gasteiger partial charge in [-0.15, -0.1) is 0 Å². The van der Waals surface area contributed by atoms with E-state index in [2.05, 4.69) is 10.1 Å². The monoisotopic (exact) mass is 300 g/mol. The molecule has 0 aliphatic rings. The Morgan fingerprint density at radius 2 is 2.00 bits per heavy atom. The quantitative estimate of drug-likeness (QED) is 0.763. The molecule has 7 nitrogen and oxygen atoms in total. The van der Waals surface area contributed by atoms with E-state index in [1.807, 2.05) is 0 Å². The van der Waals surface area contributed by atoms with Crippen molar-refractivity contribution in [3.05, 3.63) is 29.8 Å².